The van der Waals surface area contributed by atoms with Crippen LogP contribution in [0.25, 0.3) is 11.1 Å². The Kier molecular flexibility index (Phi) is 7.33. The maximum absolute atomic E-state index is 12.7. The van der Waals surface area contributed by atoms with Crippen LogP contribution in [-0.4, -0.2) is 30.8 Å². The van der Waals surface area contributed by atoms with Gasteiger partial charge in [-0.2, -0.15) is 0 Å². The molecule has 0 aliphatic heterocycles. The zero-order chi connectivity index (χ0) is 23.4. The Morgan fingerprint density at radius 1 is 0.909 bits per heavy atom. The fourth-order valence-corrected chi connectivity index (χ4v) is 4.51. The highest BCUT2D eigenvalue weighted by Gasteiger charge is 2.30. The molecule has 0 aromatic heterocycles. The van der Waals surface area contributed by atoms with E-state index in [1.165, 1.54) is 11.1 Å². The van der Waals surface area contributed by atoms with Crippen molar-refractivity contribution in [2.75, 3.05) is 6.61 Å². The number of hydrogen-bond donors (Lipinski definition) is 1. The second-order valence-corrected chi connectivity index (χ2v) is 9.58. The summed E-state index contributed by atoms with van der Waals surface area (Å²) in [6.45, 7) is 3.76. The zero-order valence-corrected chi connectivity index (χ0v) is 20.7. The number of halogens is 1. The van der Waals surface area contributed by atoms with Crippen molar-refractivity contribution >= 4 is 34.7 Å². The van der Waals surface area contributed by atoms with Gasteiger partial charge in [-0.1, -0.05) is 60.7 Å². The van der Waals surface area contributed by atoms with Gasteiger partial charge in [-0.25, -0.2) is 9.59 Å². The van der Waals surface area contributed by atoms with Crippen LogP contribution in [-0.2, 0) is 20.7 Å². The molecule has 1 aliphatic rings. The van der Waals surface area contributed by atoms with E-state index in [9.17, 15) is 9.59 Å². The van der Waals surface area contributed by atoms with Crippen molar-refractivity contribution in [2.45, 2.75) is 38.3 Å². The Morgan fingerprint density at radius 2 is 1.48 bits per heavy atom. The van der Waals surface area contributed by atoms with Crippen LogP contribution in [0.3, 0.4) is 0 Å². The van der Waals surface area contributed by atoms with Crippen molar-refractivity contribution in [3.8, 4) is 11.1 Å². The largest absolute Gasteiger partial charge is 0.461 e. The number of fused-ring (bicyclic) bond motifs is 3. The van der Waals surface area contributed by atoms with Gasteiger partial charge in [-0.3, -0.25) is 0 Å². The van der Waals surface area contributed by atoms with E-state index in [1.54, 1.807) is 13.8 Å². The van der Waals surface area contributed by atoms with Crippen LogP contribution < -0.4 is 5.32 Å². The van der Waals surface area contributed by atoms with Crippen LogP contribution in [0.5, 0.6) is 0 Å². The highest BCUT2D eigenvalue weighted by atomic mass is 127. The molecule has 4 rings (SSSR count). The average molecular weight is 555 g/mol. The number of hydrogen-bond acceptors (Lipinski definition) is 4. The average Bonchev–Trinajstić information content (AvgIpc) is 3.12. The Hall–Kier alpha value is -2.87. The first kappa shape index (κ1) is 23.3. The van der Waals surface area contributed by atoms with Crippen molar-refractivity contribution in [3.63, 3.8) is 0 Å². The Morgan fingerprint density at radius 3 is 2.06 bits per heavy atom. The molecular weight excluding hydrogens is 529 g/mol. The minimum atomic E-state index is -0.830. The third kappa shape index (κ3) is 5.55. The minimum absolute atomic E-state index is 0.0413. The molecule has 1 amide bonds. The third-order valence-corrected chi connectivity index (χ3v) is 6.34. The van der Waals surface area contributed by atoms with Gasteiger partial charge in [0.05, 0.1) is 6.10 Å². The maximum atomic E-state index is 12.7. The summed E-state index contributed by atoms with van der Waals surface area (Å²) >= 11 is 2.23. The second-order valence-electron chi connectivity index (χ2n) is 8.34. The van der Waals surface area contributed by atoms with E-state index >= 15 is 0 Å². The number of esters is 1. The van der Waals surface area contributed by atoms with Gasteiger partial charge in [0.1, 0.15) is 12.6 Å². The summed E-state index contributed by atoms with van der Waals surface area (Å²) in [5.41, 5.74) is 5.54. The maximum Gasteiger partial charge on any atom is 0.407 e. The lowest BCUT2D eigenvalue weighted by atomic mass is 9.98. The molecule has 1 atom stereocenters. The lowest BCUT2D eigenvalue weighted by molar-refractivity contribution is -0.149. The predicted molar refractivity (Wildman–Crippen MR) is 136 cm³/mol. The number of benzene rings is 3. The van der Waals surface area contributed by atoms with Crippen molar-refractivity contribution < 1.29 is 19.1 Å². The highest BCUT2D eigenvalue weighted by molar-refractivity contribution is 14.1. The topological polar surface area (TPSA) is 64.6 Å². The van der Waals surface area contributed by atoms with E-state index in [1.807, 2.05) is 48.5 Å². The van der Waals surface area contributed by atoms with Gasteiger partial charge in [0.25, 0.3) is 0 Å². The molecule has 0 heterocycles. The van der Waals surface area contributed by atoms with Gasteiger partial charge in [0.15, 0.2) is 0 Å². The standard InChI is InChI=1S/C27H26INO4/c1-17(2)33-26(30)25(15-18-11-13-19(28)14-12-18)29-27(31)32-16-24-22-9-5-3-7-20(22)21-8-4-6-10-23(21)24/h3-14,17,24-25H,15-16H2,1-2H3,(H,29,31). The van der Waals surface area contributed by atoms with Crippen LogP contribution in [0.1, 0.15) is 36.5 Å². The molecule has 3 aromatic rings. The van der Waals surface area contributed by atoms with Crippen LogP contribution in [0.4, 0.5) is 4.79 Å². The molecule has 33 heavy (non-hydrogen) atoms. The molecule has 3 aromatic carbocycles. The number of rotatable bonds is 7. The van der Waals surface area contributed by atoms with Gasteiger partial charge < -0.3 is 14.8 Å². The van der Waals surface area contributed by atoms with Gasteiger partial charge in [0, 0.05) is 15.9 Å². The smallest absolute Gasteiger partial charge is 0.407 e. The summed E-state index contributed by atoms with van der Waals surface area (Å²) in [5.74, 6) is -0.516. The highest BCUT2D eigenvalue weighted by Crippen LogP contribution is 2.44. The van der Waals surface area contributed by atoms with Crippen molar-refractivity contribution in [1.29, 1.82) is 0 Å². The van der Waals surface area contributed by atoms with E-state index < -0.39 is 18.1 Å². The predicted octanol–water partition coefficient (Wildman–Crippen LogP) is 5.69. The van der Waals surface area contributed by atoms with Crippen LogP contribution in [0.15, 0.2) is 72.8 Å². The quantitative estimate of drug-likeness (QED) is 0.301. The van der Waals surface area contributed by atoms with E-state index in [4.69, 9.17) is 9.47 Å². The van der Waals surface area contributed by atoms with E-state index in [0.717, 1.165) is 20.3 Å². The summed E-state index contributed by atoms with van der Waals surface area (Å²) in [7, 11) is 0. The van der Waals surface area contributed by atoms with Crippen molar-refractivity contribution in [3.05, 3.63) is 93.1 Å². The molecule has 170 valence electrons. The number of nitrogens with one attached hydrogen (secondary N) is 1. The van der Waals surface area contributed by atoms with Gasteiger partial charge in [-0.05, 0) is 76.4 Å². The first-order valence-electron chi connectivity index (χ1n) is 11.0. The number of ether oxygens (including phenoxy) is 2. The number of alkyl carbamates (subject to hydrolysis) is 1. The molecule has 1 unspecified atom stereocenters. The zero-order valence-electron chi connectivity index (χ0n) is 18.6. The molecule has 6 heteroatoms. The first-order valence-corrected chi connectivity index (χ1v) is 12.1. The van der Waals surface area contributed by atoms with E-state index in [-0.39, 0.29) is 18.6 Å². The van der Waals surface area contributed by atoms with Crippen LogP contribution in [0.2, 0.25) is 0 Å². The molecule has 0 saturated heterocycles. The molecular formula is C27H26INO4. The summed E-state index contributed by atoms with van der Waals surface area (Å²) in [5, 5.41) is 2.72. The van der Waals surface area contributed by atoms with Gasteiger partial charge in [0.2, 0.25) is 0 Å². The number of carbonyl (C=O) groups is 2. The fraction of sp³-hybridized carbons (Fsp3) is 0.259. The minimum Gasteiger partial charge on any atom is -0.461 e. The molecule has 0 fully saturated rings. The van der Waals surface area contributed by atoms with Gasteiger partial charge in [-0.15, -0.1) is 0 Å². The van der Waals surface area contributed by atoms with Crippen LogP contribution in [0, 0.1) is 3.57 Å². The molecule has 0 bridgehead atoms. The third-order valence-electron chi connectivity index (χ3n) is 5.63. The summed E-state index contributed by atoms with van der Waals surface area (Å²) < 4.78 is 12.1. The molecule has 0 radical (unpaired) electrons. The summed E-state index contributed by atoms with van der Waals surface area (Å²) in [6.07, 6.45) is -0.582. The SMILES string of the molecule is CC(C)OC(=O)C(Cc1ccc(I)cc1)NC(=O)OCC1c2ccccc2-c2ccccc21. The summed E-state index contributed by atoms with van der Waals surface area (Å²) in [6, 6.07) is 23.3. The Balaban J connectivity index is 1.45. The molecule has 1 aliphatic carbocycles. The van der Waals surface area contributed by atoms with E-state index in [0.29, 0.717) is 6.42 Å². The number of carbonyl (C=O) groups excluding carboxylic acids is 2. The van der Waals surface area contributed by atoms with Crippen molar-refractivity contribution in [1.82, 2.24) is 5.32 Å². The fourth-order valence-electron chi connectivity index (χ4n) is 4.15. The van der Waals surface area contributed by atoms with Crippen molar-refractivity contribution in [2.24, 2.45) is 0 Å². The Labute approximate surface area is 207 Å². The molecule has 5 nitrogen and oxygen atoms in total. The summed E-state index contributed by atoms with van der Waals surface area (Å²) in [4.78, 5) is 25.4. The first-order chi connectivity index (χ1) is 15.9. The normalized spacial score (nSPS) is 13.2. The van der Waals surface area contributed by atoms with Crippen LogP contribution >= 0.6 is 22.6 Å². The van der Waals surface area contributed by atoms with E-state index in [2.05, 4.69) is 52.2 Å². The lowest BCUT2D eigenvalue weighted by Gasteiger charge is -2.20. The monoisotopic (exact) mass is 555 g/mol. The Bertz CT molecular complexity index is 1100. The molecule has 1 N–H and O–H groups in total. The molecule has 0 spiro atoms. The van der Waals surface area contributed by atoms with Gasteiger partial charge >= 0.3 is 12.1 Å². The second kappa shape index (κ2) is 10.4. The lowest BCUT2D eigenvalue weighted by Crippen LogP contribution is -2.44. The molecule has 0 saturated carbocycles. The number of amides is 1.